The molecule has 0 aromatic heterocycles. The Balaban J connectivity index is 2.25. The lowest BCUT2D eigenvalue weighted by Crippen LogP contribution is -2.13. The molecule has 0 amide bonds. The first-order chi connectivity index (χ1) is 10.1. The first kappa shape index (κ1) is 15.2. The van der Waals surface area contributed by atoms with Crippen LogP contribution in [0.15, 0.2) is 53.4 Å². The number of hydrogen-bond donors (Lipinski definition) is 1. The standard InChI is InChI=1S/C15H17NO4S/c1-3-20-12-8-10-13(11-9-12)21(17,18)16-14-6-4-5-7-15(14)19-2/h4-11,16H,3H2,1-2H3. The summed E-state index contributed by atoms with van der Waals surface area (Å²) in [5.74, 6) is 1.10. The summed E-state index contributed by atoms with van der Waals surface area (Å²) < 4.78 is 37.6. The van der Waals surface area contributed by atoms with Crippen molar-refractivity contribution in [1.29, 1.82) is 0 Å². The zero-order chi connectivity index (χ0) is 15.3. The van der Waals surface area contributed by atoms with Gasteiger partial charge in [0.2, 0.25) is 0 Å². The Hall–Kier alpha value is -2.21. The Morgan fingerprint density at radius 1 is 1.05 bits per heavy atom. The minimum atomic E-state index is -3.66. The molecule has 0 saturated heterocycles. The molecule has 0 heterocycles. The maximum absolute atomic E-state index is 12.3. The molecule has 0 aliphatic carbocycles. The molecule has 21 heavy (non-hydrogen) atoms. The summed E-state index contributed by atoms with van der Waals surface area (Å²) in [5.41, 5.74) is 0.397. The van der Waals surface area contributed by atoms with Crippen molar-refractivity contribution in [2.24, 2.45) is 0 Å². The average molecular weight is 307 g/mol. The van der Waals surface area contributed by atoms with Crippen LogP contribution in [0.1, 0.15) is 6.92 Å². The maximum Gasteiger partial charge on any atom is 0.262 e. The molecular formula is C15H17NO4S. The van der Waals surface area contributed by atoms with Crippen LogP contribution in [0, 0.1) is 0 Å². The first-order valence-corrected chi connectivity index (χ1v) is 7.94. The van der Waals surface area contributed by atoms with E-state index < -0.39 is 10.0 Å². The predicted molar refractivity (Wildman–Crippen MR) is 81.4 cm³/mol. The van der Waals surface area contributed by atoms with E-state index in [9.17, 15) is 8.42 Å². The zero-order valence-corrected chi connectivity index (χ0v) is 12.7. The summed E-state index contributed by atoms with van der Waals surface area (Å²) in [4.78, 5) is 0.164. The van der Waals surface area contributed by atoms with Crippen LogP contribution in [-0.4, -0.2) is 22.1 Å². The largest absolute Gasteiger partial charge is 0.495 e. The normalized spacial score (nSPS) is 11.0. The molecule has 1 N–H and O–H groups in total. The van der Waals surface area contributed by atoms with E-state index in [2.05, 4.69) is 4.72 Å². The summed E-state index contributed by atoms with van der Waals surface area (Å²) in [6, 6.07) is 13.1. The summed E-state index contributed by atoms with van der Waals surface area (Å²) >= 11 is 0. The van der Waals surface area contributed by atoms with Gasteiger partial charge in [-0.05, 0) is 43.3 Å². The summed E-state index contributed by atoms with van der Waals surface area (Å²) in [7, 11) is -2.17. The Morgan fingerprint density at radius 3 is 2.33 bits per heavy atom. The zero-order valence-electron chi connectivity index (χ0n) is 11.9. The number of rotatable bonds is 6. The van der Waals surface area contributed by atoms with E-state index in [1.165, 1.54) is 19.2 Å². The molecule has 2 rings (SSSR count). The number of ether oxygens (including phenoxy) is 2. The van der Waals surface area contributed by atoms with Gasteiger partial charge in [0, 0.05) is 0 Å². The SMILES string of the molecule is CCOc1ccc(S(=O)(=O)Nc2ccccc2OC)cc1. The molecular weight excluding hydrogens is 290 g/mol. The lowest BCUT2D eigenvalue weighted by Gasteiger charge is -2.12. The van der Waals surface area contributed by atoms with E-state index in [1.54, 1.807) is 36.4 Å². The van der Waals surface area contributed by atoms with Crippen LogP contribution in [0.4, 0.5) is 5.69 Å². The lowest BCUT2D eigenvalue weighted by atomic mass is 10.3. The molecule has 0 spiro atoms. The van der Waals surface area contributed by atoms with Crippen molar-refractivity contribution in [2.45, 2.75) is 11.8 Å². The van der Waals surface area contributed by atoms with Crippen molar-refractivity contribution in [3.8, 4) is 11.5 Å². The molecule has 0 aliphatic heterocycles. The van der Waals surface area contributed by atoms with Gasteiger partial charge >= 0.3 is 0 Å². The molecule has 0 aliphatic rings. The highest BCUT2D eigenvalue weighted by Crippen LogP contribution is 2.26. The van der Waals surface area contributed by atoms with Crippen molar-refractivity contribution < 1.29 is 17.9 Å². The summed E-state index contributed by atoms with van der Waals surface area (Å²) in [5, 5.41) is 0. The molecule has 0 unspecified atom stereocenters. The van der Waals surface area contributed by atoms with Crippen LogP contribution in [0.5, 0.6) is 11.5 Å². The van der Waals surface area contributed by atoms with Gasteiger partial charge in [0.25, 0.3) is 10.0 Å². The van der Waals surface area contributed by atoms with E-state index >= 15 is 0 Å². The van der Waals surface area contributed by atoms with Crippen LogP contribution in [0.25, 0.3) is 0 Å². The third kappa shape index (κ3) is 3.66. The van der Waals surface area contributed by atoms with Crippen LogP contribution < -0.4 is 14.2 Å². The van der Waals surface area contributed by atoms with Crippen molar-refractivity contribution >= 4 is 15.7 Å². The maximum atomic E-state index is 12.3. The van der Waals surface area contributed by atoms with Gasteiger partial charge in [0.15, 0.2) is 0 Å². The molecule has 0 atom stereocenters. The molecule has 6 heteroatoms. The predicted octanol–water partition coefficient (Wildman–Crippen LogP) is 2.89. The number of nitrogens with one attached hydrogen (secondary N) is 1. The second kappa shape index (κ2) is 6.49. The molecule has 0 fully saturated rings. The Kier molecular flexibility index (Phi) is 4.70. The number of methoxy groups -OCH3 is 1. The van der Waals surface area contributed by atoms with Gasteiger partial charge in [0.1, 0.15) is 11.5 Å². The van der Waals surface area contributed by atoms with E-state index in [0.29, 0.717) is 23.8 Å². The van der Waals surface area contributed by atoms with Gasteiger partial charge in [-0.15, -0.1) is 0 Å². The fourth-order valence-corrected chi connectivity index (χ4v) is 2.88. The average Bonchev–Trinajstić information content (AvgIpc) is 2.48. The minimum Gasteiger partial charge on any atom is -0.495 e. The molecule has 2 aromatic rings. The fraction of sp³-hybridized carbons (Fsp3) is 0.200. The molecule has 0 bridgehead atoms. The number of para-hydroxylation sites is 2. The van der Waals surface area contributed by atoms with Crippen molar-refractivity contribution in [1.82, 2.24) is 0 Å². The third-order valence-electron chi connectivity index (χ3n) is 2.80. The summed E-state index contributed by atoms with van der Waals surface area (Å²) in [6.45, 7) is 2.40. The van der Waals surface area contributed by atoms with Gasteiger partial charge in [0.05, 0.1) is 24.3 Å². The van der Waals surface area contributed by atoms with Gasteiger partial charge in [-0.1, -0.05) is 12.1 Å². The second-order valence-electron chi connectivity index (χ2n) is 4.21. The van der Waals surface area contributed by atoms with E-state index in [1.807, 2.05) is 6.92 Å². The van der Waals surface area contributed by atoms with Crippen molar-refractivity contribution in [3.05, 3.63) is 48.5 Å². The Morgan fingerprint density at radius 2 is 1.71 bits per heavy atom. The highest BCUT2D eigenvalue weighted by atomic mass is 32.2. The Labute approximate surface area is 124 Å². The number of sulfonamides is 1. The van der Waals surface area contributed by atoms with Crippen LogP contribution in [0.2, 0.25) is 0 Å². The molecule has 5 nitrogen and oxygen atoms in total. The molecule has 112 valence electrons. The third-order valence-corrected chi connectivity index (χ3v) is 4.18. The first-order valence-electron chi connectivity index (χ1n) is 6.45. The van der Waals surface area contributed by atoms with E-state index in [4.69, 9.17) is 9.47 Å². The number of benzene rings is 2. The highest BCUT2D eigenvalue weighted by molar-refractivity contribution is 7.92. The second-order valence-corrected chi connectivity index (χ2v) is 5.89. The number of anilines is 1. The van der Waals surface area contributed by atoms with Gasteiger partial charge in [-0.25, -0.2) is 8.42 Å². The quantitative estimate of drug-likeness (QED) is 0.891. The smallest absolute Gasteiger partial charge is 0.262 e. The topological polar surface area (TPSA) is 64.6 Å². The van der Waals surface area contributed by atoms with Crippen molar-refractivity contribution in [2.75, 3.05) is 18.4 Å². The minimum absolute atomic E-state index is 0.164. The lowest BCUT2D eigenvalue weighted by molar-refractivity contribution is 0.340. The van der Waals surface area contributed by atoms with Gasteiger partial charge < -0.3 is 9.47 Å². The van der Waals surface area contributed by atoms with E-state index in [-0.39, 0.29) is 4.90 Å². The molecule has 2 aromatic carbocycles. The van der Waals surface area contributed by atoms with Crippen LogP contribution >= 0.6 is 0 Å². The molecule has 0 radical (unpaired) electrons. The van der Waals surface area contributed by atoms with Crippen LogP contribution in [0.3, 0.4) is 0 Å². The summed E-state index contributed by atoms with van der Waals surface area (Å²) in [6.07, 6.45) is 0. The number of hydrogen-bond acceptors (Lipinski definition) is 4. The fourth-order valence-electron chi connectivity index (χ4n) is 1.81. The van der Waals surface area contributed by atoms with Crippen LogP contribution in [-0.2, 0) is 10.0 Å². The molecule has 0 saturated carbocycles. The van der Waals surface area contributed by atoms with Gasteiger partial charge in [-0.2, -0.15) is 0 Å². The highest BCUT2D eigenvalue weighted by Gasteiger charge is 2.16. The van der Waals surface area contributed by atoms with Crippen molar-refractivity contribution in [3.63, 3.8) is 0 Å². The monoisotopic (exact) mass is 307 g/mol. The van der Waals surface area contributed by atoms with E-state index in [0.717, 1.165) is 0 Å². The van der Waals surface area contributed by atoms with Gasteiger partial charge in [-0.3, -0.25) is 4.72 Å². The Bertz CT molecular complexity index is 696.